The fourth-order valence-corrected chi connectivity index (χ4v) is 2.50. The van der Waals surface area contributed by atoms with E-state index in [1.54, 1.807) is 24.3 Å². The van der Waals surface area contributed by atoms with Crippen LogP contribution in [0.2, 0.25) is 0 Å². The molecule has 0 saturated carbocycles. The van der Waals surface area contributed by atoms with Crippen molar-refractivity contribution in [1.82, 2.24) is 9.80 Å². The van der Waals surface area contributed by atoms with Crippen LogP contribution in [0.4, 0.5) is 16.2 Å². The van der Waals surface area contributed by atoms with Gasteiger partial charge in [0, 0.05) is 7.05 Å². The van der Waals surface area contributed by atoms with Gasteiger partial charge in [-0.3, -0.25) is 24.2 Å². The van der Waals surface area contributed by atoms with Gasteiger partial charge in [-0.15, -0.1) is 0 Å². The van der Waals surface area contributed by atoms with Gasteiger partial charge < -0.3 is 10.2 Å². The standard InChI is InChI=1S/C14H14N4O4/c1-16-7-12(20)18(14(16)22)8-13(21)17-6-11(19)15-9-4-2-3-5-10(9)17/h2-5H,6-8H2,1H3,(H,15,19). The predicted octanol–water partition coefficient (Wildman–Crippen LogP) is -0.134. The molecule has 2 aliphatic heterocycles. The smallest absolute Gasteiger partial charge is 0.323 e. The van der Waals surface area contributed by atoms with E-state index in [4.69, 9.17) is 0 Å². The van der Waals surface area contributed by atoms with Crippen LogP contribution in [0.1, 0.15) is 0 Å². The summed E-state index contributed by atoms with van der Waals surface area (Å²) in [5, 5.41) is 2.67. The number of nitrogens with zero attached hydrogens (tertiary/aromatic N) is 3. The molecule has 0 bridgehead atoms. The van der Waals surface area contributed by atoms with Crippen LogP contribution >= 0.6 is 0 Å². The first kappa shape index (κ1) is 14.1. The Labute approximate surface area is 126 Å². The molecule has 22 heavy (non-hydrogen) atoms. The van der Waals surface area contributed by atoms with Crippen molar-refractivity contribution in [2.45, 2.75) is 0 Å². The van der Waals surface area contributed by atoms with Gasteiger partial charge in [0.1, 0.15) is 19.6 Å². The number of likely N-dealkylation sites (N-methyl/N-ethyl adjacent to an activating group) is 1. The molecule has 8 heteroatoms. The summed E-state index contributed by atoms with van der Waals surface area (Å²) in [4.78, 5) is 51.1. The van der Waals surface area contributed by atoms with Crippen LogP contribution in [-0.4, -0.2) is 60.2 Å². The fourth-order valence-electron chi connectivity index (χ4n) is 2.50. The molecular formula is C14H14N4O4. The van der Waals surface area contributed by atoms with E-state index in [-0.39, 0.29) is 25.5 Å². The van der Waals surface area contributed by atoms with E-state index in [2.05, 4.69) is 5.32 Å². The highest BCUT2D eigenvalue weighted by molar-refractivity contribution is 6.12. The SMILES string of the molecule is CN1CC(=O)N(CC(=O)N2CC(=O)Nc3ccccc32)C1=O. The van der Waals surface area contributed by atoms with Crippen molar-refractivity contribution in [3.63, 3.8) is 0 Å². The monoisotopic (exact) mass is 302 g/mol. The number of carbonyl (C=O) groups excluding carboxylic acids is 4. The van der Waals surface area contributed by atoms with Crippen molar-refractivity contribution in [3.8, 4) is 0 Å². The maximum absolute atomic E-state index is 12.4. The number of anilines is 2. The van der Waals surface area contributed by atoms with E-state index < -0.39 is 17.8 Å². The zero-order valence-electron chi connectivity index (χ0n) is 11.9. The molecule has 1 aromatic carbocycles. The Hall–Kier alpha value is -2.90. The second-order valence-corrected chi connectivity index (χ2v) is 5.16. The third-order valence-corrected chi connectivity index (χ3v) is 3.60. The minimum absolute atomic E-state index is 0.0385. The van der Waals surface area contributed by atoms with Crippen molar-refractivity contribution < 1.29 is 19.2 Å². The number of amides is 5. The quantitative estimate of drug-likeness (QED) is 0.770. The number of hydrogen-bond donors (Lipinski definition) is 1. The van der Waals surface area contributed by atoms with Crippen LogP contribution in [0.3, 0.4) is 0 Å². The molecule has 0 unspecified atom stereocenters. The Kier molecular flexibility index (Phi) is 3.28. The Balaban J connectivity index is 1.83. The molecule has 5 amide bonds. The van der Waals surface area contributed by atoms with Crippen LogP contribution < -0.4 is 10.2 Å². The molecule has 114 valence electrons. The second kappa shape index (κ2) is 5.14. The summed E-state index contributed by atoms with van der Waals surface area (Å²) in [6.07, 6.45) is 0. The topological polar surface area (TPSA) is 90.0 Å². The van der Waals surface area contributed by atoms with Crippen molar-refractivity contribution in [1.29, 1.82) is 0 Å². The minimum Gasteiger partial charge on any atom is -0.323 e. The second-order valence-electron chi connectivity index (χ2n) is 5.16. The number of nitrogens with one attached hydrogen (secondary N) is 1. The van der Waals surface area contributed by atoms with Gasteiger partial charge in [0.05, 0.1) is 11.4 Å². The third kappa shape index (κ3) is 2.28. The van der Waals surface area contributed by atoms with Gasteiger partial charge in [0.2, 0.25) is 11.8 Å². The van der Waals surface area contributed by atoms with Crippen LogP contribution in [0, 0.1) is 0 Å². The Bertz CT molecular complexity index is 687. The molecule has 8 nitrogen and oxygen atoms in total. The van der Waals surface area contributed by atoms with Gasteiger partial charge >= 0.3 is 6.03 Å². The molecular weight excluding hydrogens is 288 g/mol. The first-order chi connectivity index (χ1) is 10.5. The average molecular weight is 302 g/mol. The Morgan fingerprint density at radius 3 is 2.59 bits per heavy atom. The van der Waals surface area contributed by atoms with Gasteiger partial charge in [0.25, 0.3) is 5.91 Å². The molecule has 3 rings (SSSR count). The van der Waals surface area contributed by atoms with E-state index in [1.165, 1.54) is 16.8 Å². The molecule has 0 atom stereocenters. The lowest BCUT2D eigenvalue weighted by atomic mass is 10.2. The molecule has 1 N–H and O–H groups in total. The summed E-state index contributed by atoms with van der Waals surface area (Å²) in [5.74, 6) is -1.21. The molecule has 0 aliphatic carbocycles. The van der Waals surface area contributed by atoms with Gasteiger partial charge in [-0.1, -0.05) is 12.1 Å². The number of para-hydroxylation sites is 2. The summed E-state index contributed by atoms with van der Waals surface area (Å²) in [7, 11) is 1.49. The number of carbonyl (C=O) groups is 4. The molecule has 1 fully saturated rings. The van der Waals surface area contributed by atoms with Gasteiger partial charge in [0.15, 0.2) is 0 Å². The maximum Gasteiger partial charge on any atom is 0.327 e. The number of urea groups is 1. The first-order valence-electron chi connectivity index (χ1n) is 6.72. The largest absolute Gasteiger partial charge is 0.327 e. The van der Waals surface area contributed by atoms with E-state index in [9.17, 15) is 19.2 Å². The van der Waals surface area contributed by atoms with Gasteiger partial charge in [-0.25, -0.2) is 4.79 Å². The number of benzene rings is 1. The van der Waals surface area contributed by atoms with Crippen LogP contribution in [-0.2, 0) is 14.4 Å². The van der Waals surface area contributed by atoms with Crippen molar-refractivity contribution in [2.24, 2.45) is 0 Å². The van der Waals surface area contributed by atoms with Crippen molar-refractivity contribution >= 4 is 35.1 Å². The van der Waals surface area contributed by atoms with Crippen LogP contribution in [0.15, 0.2) is 24.3 Å². The van der Waals surface area contributed by atoms with Crippen molar-refractivity contribution in [2.75, 3.05) is 36.9 Å². The van der Waals surface area contributed by atoms with Gasteiger partial charge in [-0.2, -0.15) is 0 Å². The van der Waals surface area contributed by atoms with E-state index in [0.717, 1.165) is 4.90 Å². The molecule has 0 spiro atoms. The van der Waals surface area contributed by atoms with Gasteiger partial charge in [-0.05, 0) is 12.1 Å². The predicted molar refractivity (Wildman–Crippen MR) is 77.2 cm³/mol. The Morgan fingerprint density at radius 1 is 1.18 bits per heavy atom. The number of imide groups is 1. The normalized spacial score (nSPS) is 17.7. The number of fused-ring (bicyclic) bond motifs is 1. The minimum atomic E-state index is -0.506. The highest BCUT2D eigenvalue weighted by atomic mass is 16.2. The third-order valence-electron chi connectivity index (χ3n) is 3.60. The highest BCUT2D eigenvalue weighted by Crippen LogP contribution is 2.29. The summed E-state index contributed by atoms with van der Waals surface area (Å²) < 4.78 is 0. The summed E-state index contributed by atoms with van der Waals surface area (Å²) in [6.45, 7) is -0.547. The highest BCUT2D eigenvalue weighted by Gasteiger charge is 2.37. The number of rotatable bonds is 2. The zero-order valence-corrected chi connectivity index (χ0v) is 11.9. The lowest BCUT2D eigenvalue weighted by molar-refractivity contribution is -0.130. The summed E-state index contributed by atoms with van der Waals surface area (Å²) in [6, 6.07) is 6.37. The Morgan fingerprint density at radius 2 is 1.91 bits per heavy atom. The summed E-state index contributed by atoms with van der Waals surface area (Å²) in [5.41, 5.74) is 1.09. The van der Waals surface area contributed by atoms with E-state index >= 15 is 0 Å². The molecule has 2 heterocycles. The lowest BCUT2D eigenvalue weighted by Crippen LogP contribution is -2.48. The molecule has 1 aromatic rings. The van der Waals surface area contributed by atoms with Crippen molar-refractivity contribution in [3.05, 3.63) is 24.3 Å². The molecule has 2 aliphatic rings. The van der Waals surface area contributed by atoms with Crippen LogP contribution in [0.5, 0.6) is 0 Å². The maximum atomic E-state index is 12.4. The van der Waals surface area contributed by atoms with Crippen LogP contribution in [0.25, 0.3) is 0 Å². The molecule has 1 saturated heterocycles. The zero-order chi connectivity index (χ0) is 15.9. The molecule has 0 radical (unpaired) electrons. The average Bonchev–Trinajstić information content (AvgIpc) is 2.72. The molecule has 0 aromatic heterocycles. The van der Waals surface area contributed by atoms with E-state index in [1.807, 2.05) is 0 Å². The number of hydrogen-bond acceptors (Lipinski definition) is 4. The lowest BCUT2D eigenvalue weighted by Gasteiger charge is -2.30. The van der Waals surface area contributed by atoms with E-state index in [0.29, 0.717) is 11.4 Å². The fraction of sp³-hybridized carbons (Fsp3) is 0.286. The first-order valence-corrected chi connectivity index (χ1v) is 6.72. The summed E-state index contributed by atoms with van der Waals surface area (Å²) >= 11 is 0.